The summed E-state index contributed by atoms with van der Waals surface area (Å²) in [6.07, 6.45) is 7.78. The molecule has 1 aromatic carbocycles. The maximum Gasteiger partial charge on any atom is 0.265 e. The molecule has 138 valence electrons. The third-order valence-corrected chi connectivity index (χ3v) is 4.20. The molecule has 0 fully saturated rings. The smallest absolute Gasteiger partial charge is 0.265 e. The molecule has 1 amide bonds. The van der Waals surface area contributed by atoms with Crippen LogP contribution < -0.4 is 10.9 Å². The Balaban J connectivity index is 1.64. The van der Waals surface area contributed by atoms with Crippen LogP contribution in [0.5, 0.6) is 0 Å². The standard InChI is InChI=1S/C20H16N6O2/c27-18(16-13-22-20(25-19(16)28)26-12-4-9-23-26)24-17(14-5-2-1-3-6-14)15-7-10-21-11-8-15/h1-13,17H,(H,24,27)(H,22,25,28). The van der Waals surface area contributed by atoms with E-state index in [1.807, 2.05) is 42.5 Å². The van der Waals surface area contributed by atoms with E-state index in [0.29, 0.717) is 0 Å². The molecule has 0 saturated heterocycles. The van der Waals surface area contributed by atoms with Gasteiger partial charge in [-0.05, 0) is 29.3 Å². The Labute approximate surface area is 159 Å². The van der Waals surface area contributed by atoms with Gasteiger partial charge in [0.05, 0.1) is 6.04 Å². The highest BCUT2D eigenvalue weighted by molar-refractivity contribution is 5.94. The number of nitrogens with one attached hydrogen (secondary N) is 2. The topological polar surface area (TPSA) is 106 Å². The minimum absolute atomic E-state index is 0.0779. The van der Waals surface area contributed by atoms with Crippen LogP contribution in [0.1, 0.15) is 27.5 Å². The van der Waals surface area contributed by atoms with Gasteiger partial charge in [-0.25, -0.2) is 9.67 Å². The fourth-order valence-electron chi connectivity index (χ4n) is 2.83. The number of hydrogen-bond acceptors (Lipinski definition) is 5. The van der Waals surface area contributed by atoms with Gasteiger partial charge in [0.1, 0.15) is 5.56 Å². The average molecular weight is 372 g/mol. The summed E-state index contributed by atoms with van der Waals surface area (Å²) in [5.74, 6) is -0.285. The maximum absolute atomic E-state index is 12.8. The number of amides is 1. The van der Waals surface area contributed by atoms with Gasteiger partial charge in [-0.2, -0.15) is 5.10 Å². The van der Waals surface area contributed by atoms with Crippen molar-refractivity contribution in [3.8, 4) is 5.95 Å². The van der Waals surface area contributed by atoms with Gasteiger partial charge in [0, 0.05) is 31.0 Å². The second-order valence-electron chi connectivity index (χ2n) is 6.00. The van der Waals surface area contributed by atoms with Crippen molar-refractivity contribution in [1.82, 2.24) is 30.0 Å². The molecule has 28 heavy (non-hydrogen) atoms. The van der Waals surface area contributed by atoms with Gasteiger partial charge >= 0.3 is 0 Å². The molecule has 4 rings (SSSR count). The fraction of sp³-hybridized carbons (Fsp3) is 0.0500. The monoisotopic (exact) mass is 372 g/mol. The van der Waals surface area contributed by atoms with E-state index in [1.54, 1.807) is 30.9 Å². The Bertz CT molecular complexity index is 1080. The van der Waals surface area contributed by atoms with Crippen LogP contribution in [0.2, 0.25) is 0 Å². The van der Waals surface area contributed by atoms with Crippen LogP contribution in [0.4, 0.5) is 0 Å². The van der Waals surface area contributed by atoms with Gasteiger partial charge in [-0.3, -0.25) is 19.6 Å². The van der Waals surface area contributed by atoms with Crippen molar-refractivity contribution in [1.29, 1.82) is 0 Å². The largest absolute Gasteiger partial charge is 0.341 e. The van der Waals surface area contributed by atoms with Gasteiger partial charge in [0.25, 0.3) is 11.5 Å². The minimum atomic E-state index is -0.542. The van der Waals surface area contributed by atoms with E-state index in [1.165, 1.54) is 10.9 Å². The highest BCUT2D eigenvalue weighted by Crippen LogP contribution is 2.21. The summed E-state index contributed by atoms with van der Waals surface area (Å²) in [6, 6.07) is 14.4. The van der Waals surface area contributed by atoms with Gasteiger partial charge in [0.2, 0.25) is 5.95 Å². The molecule has 0 aliphatic carbocycles. The van der Waals surface area contributed by atoms with E-state index in [0.717, 1.165) is 11.1 Å². The molecule has 0 saturated carbocycles. The predicted molar refractivity (Wildman–Crippen MR) is 102 cm³/mol. The van der Waals surface area contributed by atoms with Crippen LogP contribution in [0.3, 0.4) is 0 Å². The SMILES string of the molecule is O=C(NC(c1ccccc1)c1ccncc1)c1cnc(-n2cccn2)[nH]c1=O. The Morgan fingerprint density at radius 2 is 1.75 bits per heavy atom. The molecule has 8 heteroatoms. The number of benzene rings is 1. The lowest BCUT2D eigenvalue weighted by Crippen LogP contribution is -2.34. The van der Waals surface area contributed by atoms with E-state index in [9.17, 15) is 9.59 Å². The number of nitrogens with zero attached hydrogens (tertiary/aromatic N) is 4. The summed E-state index contributed by atoms with van der Waals surface area (Å²) in [6.45, 7) is 0. The zero-order valence-corrected chi connectivity index (χ0v) is 14.7. The number of aromatic amines is 1. The summed E-state index contributed by atoms with van der Waals surface area (Å²) in [5, 5.41) is 6.92. The van der Waals surface area contributed by atoms with Crippen LogP contribution in [-0.2, 0) is 0 Å². The third-order valence-electron chi connectivity index (χ3n) is 4.20. The lowest BCUT2D eigenvalue weighted by Gasteiger charge is -2.19. The van der Waals surface area contributed by atoms with Crippen LogP contribution in [0.25, 0.3) is 5.95 Å². The number of hydrogen-bond donors (Lipinski definition) is 2. The quantitative estimate of drug-likeness (QED) is 0.556. The average Bonchev–Trinajstić information content (AvgIpc) is 3.28. The van der Waals surface area contributed by atoms with Crippen molar-refractivity contribution in [2.75, 3.05) is 0 Å². The van der Waals surface area contributed by atoms with Gasteiger partial charge in [-0.15, -0.1) is 0 Å². The van der Waals surface area contributed by atoms with Gasteiger partial charge < -0.3 is 5.32 Å². The molecule has 3 heterocycles. The van der Waals surface area contributed by atoms with Crippen LogP contribution >= 0.6 is 0 Å². The summed E-state index contributed by atoms with van der Waals surface area (Å²) >= 11 is 0. The lowest BCUT2D eigenvalue weighted by atomic mass is 9.99. The van der Waals surface area contributed by atoms with Crippen molar-refractivity contribution in [3.05, 3.63) is 107 Å². The zero-order chi connectivity index (χ0) is 19.3. The molecule has 1 unspecified atom stereocenters. The first-order valence-corrected chi connectivity index (χ1v) is 8.57. The maximum atomic E-state index is 12.8. The molecule has 0 spiro atoms. The predicted octanol–water partition coefficient (Wildman–Crippen LogP) is 1.87. The molecule has 0 aliphatic rings. The van der Waals surface area contributed by atoms with E-state index < -0.39 is 17.5 Å². The fourth-order valence-corrected chi connectivity index (χ4v) is 2.83. The van der Waals surface area contributed by atoms with Crippen molar-refractivity contribution >= 4 is 5.91 Å². The van der Waals surface area contributed by atoms with Crippen molar-refractivity contribution in [2.45, 2.75) is 6.04 Å². The molecule has 0 aliphatic heterocycles. The number of pyridine rings is 1. The van der Waals surface area contributed by atoms with E-state index in [-0.39, 0.29) is 11.5 Å². The Morgan fingerprint density at radius 1 is 1.00 bits per heavy atom. The Morgan fingerprint density at radius 3 is 2.43 bits per heavy atom. The summed E-state index contributed by atoms with van der Waals surface area (Å²) in [5.41, 5.74) is 1.12. The zero-order valence-electron chi connectivity index (χ0n) is 14.7. The normalized spacial score (nSPS) is 11.7. The van der Waals surface area contributed by atoms with Crippen molar-refractivity contribution in [3.63, 3.8) is 0 Å². The molecular formula is C20H16N6O2. The van der Waals surface area contributed by atoms with E-state index >= 15 is 0 Å². The summed E-state index contributed by atoms with van der Waals surface area (Å²) in [4.78, 5) is 36.0. The van der Waals surface area contributed by atoms with E-state index in [4.69, 9.17) is 0 Å². The second kappa shape index (κ2) is 7.67. The van der Waals surface area contributed by atoms with Crippen molar-refractivity contribution < 1.29 is 4.79 Å². The number of carbonyl (C=O) groups excluding carboxylic acids is 1. The highest BCUT2D eigenvalue weighted by Gasteiger charge is 2.20. The molecule has 2 N–H and O–H groups in total. The number of carbonyl (C=O) groups is 1. The number of rotatable bonds is 5. The Hall–Kier alpha value is -4.07. The van der Waals surface area contributed by atoms with Gasteiger partial charge in [0.15, 0.2) is 0 Å². The Kier molecular flexibility index (Phi) is 4.75. The lowest BCUT2D eigenvalue weighted by molar-refractivity contribution is 0.0941. The summed E-state index contributed by atoms with van der Waals surface area (Å²) < 4.78 is 1.41. The summed E-state index contributed by atoms with van der Waals surface area (Å²) in [7, 11) is 0. The van der Waals surface area contributed by atoms with Crippen LogP contribution in [0.15, 0.2) is 84.3 Å². The molecule has 1 atom stereocenters. The highest BCUT2D eigenvalue weighted by atomic mass is 16.2. The van der Waals surface area contributed by atoms with Crippen molar-refractivity contribution in [2.24, 2.45) is 0 Å². The first kappa shape index (κ1) is 17.3. The van der Waals surface area contributed by atoms with Crippen LogP contribution in [0, 0.1) is 0 Å². The first-order chi connectivity index (χ1) is 13.7. The minimum Gasteiger partial charge on any atom is -0.341 e. The molecule has 8 nitrogen and oxygen atoms in total. The van der Waals surface area contributed by atoms with E-state index in [2.05, 4.69) is 25.4 Å². The number of H-pyrrole nitrogens is 1. The molecular weight excluding hydrogens is 356 g/mol. The molecule has 0 radical (unpaired) electrons. The second-order valence-corrected chi connectivity index (χ2v) is 6.00. The van der Waals surface area contributed by atoms with Gasteiger partial charge in [-0.1, -0.05) is 30.3 Å². The molecule has 0 bridgehead atoms. The molecule has 4 aromatic rings. The number of aromatic nitrogens is 5. The first-order valence-electron chi connectivity index (χ1n) is 8.57. The molecule has 3 aromatic heterocycles. The third kappa shape index (κ3) is 3.56. The van der Waals surface area contributed by atoms with Crippen LogP contribution in [-0.4, -0.2) is 30.6 Å².